The molecular formula is C45H79O10P. The van der Waals surface area contributed by atoms with Gasteiger partial charge in [-0.1, -0.05) is 145 Å². The SMILES string of the molecule is CCCC/C=C\C/C=C\CCCCCCCC(=O)OC(CO)COP(=O)(O)OCC(CO)OC(=O)CCCCCCCC/C=C\C/C=C\C/C=C\CCCCC. The molecule has 3 N–H and O–H groups in total. The molecule has 0 radical (unpaired) electrons. The molecule has 0 spiro atoms. The van der Waals surface area contributed by atoms with Crippen LogP contribution >= 0.6 is 7.82 Å². The summed E-state index contributed by atoms with van der Waals surface area (Å²) in [5.74, 6) is -1.05. The van der Waals surface area contributed by atoms with E-state index in [9.17, 15) is 29.3 Å². The number of aliphatic hydroxyl groups excluding tert-OH is 2. The zero-order chi connectivity index (χ0) is 41.2. The number of phosphoric acid groups is 1. The lowest BCUT2D eigenvalue weighted by Crippen LogP contribution is -2.28. The molecule has 3 unspecified atom stereocenters. The average Bonchev–Trinajstić information content (AvgIpc) is 3.19. The molecule has 0 saturated carbocycles. The number of phosphoric ester groups is 1. The third-order valence-electron chi connectivity index (χ3n) is 8.95. The largest absolute Gasteiger partial charge is 0.472 e. The van der Waals surface area contributed by atoms with Crippen LogP contribution in [-0.4, -0.2) is 65.7 Å². The van der Waals surface area contributed by atoms with Gasteiger partial charge in [0.2, 0.25) is 0 Å². The van der Waals surface area contributed by atoms with Crippen molar-refractivity contribution in [2.45, 2.75) is 187 Å². The minimum Gasteiger partial charge on any atom is -0.457 e. The Hall–Kier alpha value is -2.33. The second-order valence-electron chi connectivity index (χ2n) is 14.3. The van der Waals surface area contributed by atoms with Gasteiger partial charge < -0.3 is 24.6 Å². The lowest BCUT2D eigenvalue weighted by Gasteiger charge is -2.20. The van der Waals surface area contributed by atoms with Crippen LogP contribution in [0.3, 0.4) is 0 Å². The number of ether oxygens (including phenoxy) is 2. The standard InChI is InChI=1S/C45H79O10P/c1-3-5-7-9-11-13-15-17-19-20-21-22-23-25-27-29-31-33-35-37-45(49)55-43(39-47)41-53-56(50,51)52-40-42(38-46)54-44(48)36-34-32-30-28-26-24-18-16-14-12-10-8-6-4-2/h10-13,16-19,21-22,42-43,46-47H,3-9,14-15,20,23-41H2,1-2H3,(H,50,51)/b12-10-,13-11-,18-16-,19-17-,22-21-. The molecule has 56 heavy (non-hydrogen) atoms. The average molecular weight is 811 g/mol. The number of carbonyl (C=O) groups excluding carboxylic acids is 2. The normalized spacial score (nSPS) is 14.4. The minimum absolute atomic E-state index is 0.173. The summed E-state index contributed by atoms with van der Waals surface area (Å²) < 4.78 is 32.5. The monoisotopic (exact) mass is 811 g/mol. The number of hydrogen-bond donors (Lipinski definition) is 3. The Morgan fingerprint density at radius 3 is 1.18 bits per heavy atom. The molecule has 0 amide bonds. The molecule has 0 aromatic rings. The van der Waals surface area contributed by atoms with Crippen molar-refractivity contribution in [2.24, 2.45) is 0 Å². The zero-order valence-corrected chi connectivity index (χ0v) is 36.0. The molecule has 0 aromatic heterocycles. The Kier molecular flexibility index (Phi) is 39.2. The van der Waals surface area contributed by atoms with Gasteiger partial charge in [-0.25, -0.2) is 4.57 Å². The number of allylic oxidation sites excluding steroid dienone is 10. The van der Waals surface area contributed by atoms with Crippen LogP contribution in [0.15, 0.2) is 60.8 Å². The van der Waals surface area contributed by atoms with Crippen molar-refractivity contribution in [3.05, 3.63) is 60.8 Å². The molecular weight excluding hydrogens is 731 g/mol. The van der Waals surface area contributed by atoms with E-state index >= 15 is 0 Å². The fourth-order valence-corrected chi connectivity index (χ4v) is 6.33. The van der Waals surface area contributed by atoms with E-state index in [0.717, 1.165) is 96.3 Å². The summed E-state index contributed by atoms with van der Waals surface area (Å²) in [6.07, 6.45) is 44.7. The lowest BCUT2D eigenvalue weighted by atomic mass is 10.1. The molecule has 324 valence electrons. The van der Waals surface area contributed by atoms with Gasteiger partial charge in [0.15, 0.2) is 0 Å². The van der Waals surface area contributed by atoms with Crippen LogP contribution in [-0.2, 0) is 32.7 Å². The number of unbranched alkanes of at least 4 members (excludes halogenated alkanes) is 16. The summed E-state index contributed by atoms with van der Waals surface area (Å²) in [6.45, 7) is 2.10. The van der Waals surface area contributed by atoms with Crippen molar-refractivity contribution in [2.75, 3.05) is 26.4 Å². The first-order valence-corrected chi connectivity index (χ1v) is 23.2. The third kappa shape index (κ3) is 38.5. The highest BCUT2D eigenvalue weighted by molar-refractivity contribution is 7.47. The Balaban J connectivity index is 3.97. The predicted octanol–water partition coefficient (Wildman–Crippen LogP) is 11.5. The highest BCUT2D eigenvalue weighted by Gasteiger charge is 2.27. The van der Waals surface area contributed by atoms with Crippen molar-refractivity contribution in [3.8, 4) is 0 Å². The molecule has 0 rings (SSSR count). The Labute approximate surface area is 340 Å². The van der Waals surface area contributed by atoms with Gasteiger partial charge in [0, 0.05) is 12.8 Å². The minimum atomic E-state index is -4.65. The molecule has 0 saturated heterocycles. The lowest BCUT2D eigenvalue weighted by molar-refractivity contribution is -0.153. The maximum atomic E-state index is 12.4. The molecule has 0 bridgehead atoms. The first-order chi connectivity index (χ1) is 27.3. The number of esters is 2. The van der Waals surface area contributed by atoms with E-state index in [1.54, 1.807) is 0 Å². The van der Waals surface area contributed by atoms with Crippen LogP contribution in [0.1, 0.15) is 174 Å². The van der Waals surface area contributed by atoms with Crippen molar-refractivity contribution < 1.29 is 47.8 Å². The van der Waals surface area contributed by atoms with E-state index in [-0.39, 0.29) is 12.8 Å². The number of aliphatic hydroxyl groups is 2. The van der Waals surface area contributed by atoms with Gasteiger partial charge in [-0.05, 0) is 77.0 Å². The van der Waals surface area contributed by atoms with Crippen LogP contribution in [0.2, 0.25) is 0 Å². The van der Waals surface area contributed by atoms with E-state index in [2.05, 4.69) is 74.6 Å². The molecule has 0 fully saturated rings. The van der Waals surface area contributed by atoms with E-state index in [0.29, 0.717) is 12.8 Å². The van der Waals surface area contributed by atoms with Crippen LogP contribution in [0.4, 0.5) is 0 Å². The highest BCUT2D eigenvalue weighted by Crippen LogP contribution is 2.43. The van der Waals surface area contributed by atoms with Gasteiger partial charge >= 0.3 is 19.8 Å². The maximum Gasteiger partial charge on any atom is 0.472 e. The van der Waals surface area contributed by atoms with E-state index < -0.39 is 58.4 Å². The van der Waals surface area contributed by atoms with Crippen molar-refractivity contribution in [1.29, 1.82) is 0 Å². The van der Waals surface area contributed by atoms with Gasteiger partial charge in [0.25, 0.3) is 0 Å². The summed E-state index contributed by atoms with van der Waals surface area (Å²) in [7, 11) is -4.65. The quantitative estimate of drug-likeness (QED) is 0.0236. The van der Waals surface area contributed by atoms with Crippen molar-refractivity contribution in [3.63, 3.8) is 0 Å². The maximum absolute atomic E-state index is 12.4. The van der Waals surface area contributed by atoms with E-state index in [1.165, 1.54) is 38.5 Å². The first kappa shape index (κ1) is 53.7. The smallest absolute Gasteiger partial charge is 0.457 e. The molecule has 0 aliphatic rings. The van der Waals surface area contributed by atoms with Crippen molar-refractivity contribution in [1.82, 2.24) is 0 Å². The summed E-state index contributed by atoms with van der Waals surface area (Å²) >= 11 is 0. The number of carbonyl (C=O) groups is 2. The summed E-state index contributed by atoms with van der Waals surface area (Å²) in [4.78, 5) is 34.5. The Morgan fingerprint density at radius 1 is 0.482 bits per heavy atom. The van der Waals surface area contributed by atoms with Gasteiger partial charge in [0.1, 0.15) is 12.2 Å². The molecule has 0 aliphatic heterocycles. The molecule has 0 heterocycles. The topological polar surface area (TPSA) is 149 Å². The van der Waals surface area contributed by atoms with Crippen LogP contribution in [0, 0.1) is 0 Å². The number of hydrogen-bond acceptors (Lipinski definition) is 9. The highest BCUT2D eigenvalue weighted by atomic mass is 31.2. The summed E-state index contributed by atoms with van der Waals surface area (Å²) in [5.41, 5.74) is 0. The summed E-state index contributed by atoms with van der Waals surface area (Å²) in [6, 6.07) is 0. The van der Waals surface area contributed by atoms with E-state index in [4.69, 9.17) is 18.5 Å². The van der Waals surface area contributed by atoms with Gasteiger partial charge in [-0.15, -0.1) is 0 Å². The Bertz CT molecular complexity index is 1120. The molecule has 10 nitrogen and oxygen atoms in total. The van der Waals surface area contributed by atoms with Crippen LogP contribution < -0.4 is 0 Å². The Morgan fingerprint density at radius 2 is 0.804 bits per heavy atom. The predicted molar refractivity (Wildman–Crippen MR) is 228 cm³/mol. The second-order valence-corrected chi connectivity index (χ2v) is 15.8. The second kappa shape index (κ2) is 40.9. The fourth-order valence-electron chi connectivity index (χ4n) is 5.55. The molecule has 0 aliphatic carbocycles. The van der Waals surface area contributed by atoms with E-state index in [1.807, 2.05) is 0 Å². The van der Waals surface area contributed by atoms with Gasteiger partial charge in [-0.3, -0.25) is 18.6 Å². The number of rotatable bonds is 40. The van der Waals surface area contributed by atoms with Gasteiger partial charge in [0.05, 0.1) is 26.4 Å². The van der Waals surface area contributed by atoms with Gasteiger partial charge in [-0.2, -0.15) is 0 Å². The molecule has 11 heteroatoms. The third-order valence-corrected chi connectivity index (χ3v) is 9.90. The molecule has 3 atom stereocenters. The fraction of sp³-hybridized carbons (Fsp3) is 0.733. The first-order valence-electron chi connectivity index (χ1n) is 21.7. The van der Waals surface area contributed by atoms with Crippen LogP contribution in [0.5, 0.6) is 0 Å². The molecule has 0 aromatic carbocycles. The summed E-state index contributed by atoms with van der Waals surface area (Å²) in [5, 5.41) is 19.2. The zero-order valence-electron chi connectivity index (χ0n) is 35.1. The van der Waals surface area contributed by atoms with Crippen LogP contribution in [0.25, 0.3) is 0 Å². The van der Waals surface area contributed by atoms with Crippen molar-refractivity contribution >= 4 is 19.8 Å².